The van der Waals surface area contributed by atoms with Gasteiger partial charge in [-0.2, -0.15) is 0 Å². The molecule has 0 amide bonds. The Bertz CT molecular complexity index is 938. The molecule has 0 fully saturated rings. The molecule has 0 radical (unpaired) electrons. The lowest BCUT2D eigenvalue weighted by molar-refractivity contribution is -0.900. The van der Waals surface area contributed by atoms with E-state index in [0.717, 1.165) is 23.9 Å². The number of benzene rings is 1. The first kappa shape index (κ1) is 19.9. The van der Waals surface area contributed by atoms with Gasteiger partial charge in [0.25, 0.3) is 5.56 Å². The molecule has 0 atom stereocenters. The lowest BCUT2D eigenvalue weighted by Gasteiger charge is -2.19. The first-order valence-electron chi connectivity index (χ1n) is 10.1. The normalized spacial score (nSPS) is 11.9. The van der Waals surface area contributed by atoms with Gasteiger partial charge in [-0.05, 0) is 31.0 Å². The van der Waals surface area contributed by atoms with Crippen LogP contribution >= 0.6 is 11.6 Å². The molecule has 0 bridgehead atoms. The van der Waals surface area contributed by atoms with E-state index in [0.29, 0.717) is 22.6 Å². The van der Waals surface area contributed by atoms with E-state index in [1.54, 1.807) is 15.8 Å². The Balaban J connectivity index is 1.72. The highest BCUT2D eigenvalue weighted by Gasteiger charge is 2.12. The predicted molar refractivity (Wildman–Crippen MR) is 113 cm³/mol. The van der Waals surface area contributed by atoms with Crippen LogP contribution in [0.15, 0.2) is 29.3 Å². The summed E-state index contributed by atoms with van der Waals surface area (Å²) in [4.78, 5) is 22.3. The zero-order valence-corrected chi connectivity index (χ0v) is 17.1. The quantitative estimate of drug-likeness (QED) is 0.558. The number of aromatic nitrogens is 3. The number of aromatic amines is 1. The van der Waals surface area contributed by atoms with Crippen LogP contribution in [0, 0.1) is 0 Å². The van der Waals surface area contributed by atoms with Gasteiger partial charge in [0.05, 0.1) is 26.0 Å². The molecule has 5 nitrogen and oxygen atoms in total. The summed E-state index contributed by atoms with van der Waals surface area (Å²) in [6, 6.07) is 5.57. The maximum absolute atomic E-state index is 12.9. The summed E-state index contributed by atoms with van der Waals surface area (Å²) in [5.74, 6) is 0. The molecule has 2 heterocycles. The van der Waals surface area contributed by atoms with Crippen molar-refractivity contribution in [2.45, 2.75) is 52.5 Å². The minimum atomic E-state index is -0.00371. The molecule has 6 heteroatoms. The number of rotatable bonds is 10. The number of nitrogens with one attached hydrogen (secondary N) is 2. The average Bonchev–Trinajstić information content (AvgIpc) is 3.04. The van der Waals surface area contributed by atoms with Crippen molar-refractivity contribution in [3.05, 3.63) is 39.9 Å². The number of aryl methyl sites for hydroxylation is 1. The van der Waals surface area contributed by atoms with E-state index in [4.69, 9.17) is 11.6 Å². The first-order valence-corrected chi connectivity index (χ1v) is 10.5. The first-order chi connectivity index (χ1) is 13.1. The maximum Gasteiger partial charge on any atom is 0.277 e. The molecular formula is C21H30ClN4O+. The van der Waals surface area contributed by atoms with Crippen LogP contribution < -0.4 is 10.5 Å². The van der Waals surface area contributed by atoms with Crippen LogP contribution in [0.3, 0.4) is 0 Å². The molecule has 0 aliphatic heterocycles. The number of quaternary nitrogens is 1. The standard InChI is InChI=1S/C21H29ClN4O/c1-3-5-10-25(11-6-4-2)12-7-13-26-15-23-19-17-14-16(22)8-9-18(17)24-20(19)21(26)27/h8-9,14-15,24H,3-7,10-13H2,1-2H3/p+1. The van der Waals surface area contributed by atoms with Crippen LogP contribution in [0.1, 0.15) is 46.0 Å². The minimum Gasteiger partial charge on any atom is -0.349 e. The number of nitrogens with zero attached hydrogens (tertiary/aromatic N) is 2. The molecule has 1 aromatic carbocycles. The molecule has 3 aromatic rings. The molecule has 2 N–H and O–H groups in total. The molecule has 0 saturated heterocycles. The van der Waals surface area contributed by atoms with Gasteiger partial charge < -0.3 is 9.88 Å². The number of unbranched alkanes of at least 4 members (excludes halogenated alkanes) is 2. The molecule has 0 aliphatic rings. The molecule has 2 aromatic heterocycles. The Morgan fingerprint density at radius 2 is 1.81 bits per heavy atom. The lowest BCUT2D eigenvalue weighted by Crippen LogP contribution is -3.12. The third-order valence-corrected chi connectivity index (χ3v) is 5.47. The van der Waals surface area contributed by atoms with Crippen molar-refractivity contribution < 1.29 is 4.90 Å². The van der Waals surface area contributed by atoms with Crippen LogP contribution in [0.4, 0.5) is 0 Å². The van der Waals surface area contributed by atoms with Crippen molar-refractivity contribution in [1.82, 2.24) is 14.5 Å². The van der Waals surface area contributed by atoms with Crippen LogP contribution in [-0.4, -0.2) is 34.2 Å². The number of hydrogen-bond donors (Lipinski definition) is 2. The van der Waals surface area contributed by atoms with Crippen LogP contribution in [0.25, 0.3) is 21.9 Å². The highest BCUT2D eigenvalue weighted by atomic mass is 35.5. The summed E-state index contributed by atoms with van der Waals surface area (Å²) >= 11 is 6.09. The predicted octanol–water partition coefficient (Wildman–Crippen LogP) is 3.41. The van der Waals surface area contributed by atoms with E-state index in [-0.39, 0.29) is 5.56 Å². The van der Waals surface area contributed by atoms with Crippen molar-refractivity contribution in [3.63, 3.8) is 0 Å². The summed E-state index contributed by atoms with van der Waals surface area (Å²) in [5.41, 5.74) is 2.16. The summed E-state index contributed by atoms with van der Waals surface area (Å²) in [5, 5.41) is 1.55. The fourth-order valence-electron chi connectivity index (χ4n) is 3.65. The van der Waals surface area contributed by atoms with Crippen molar-refractivity contribution in [1.29, 1.82) is 0 Å². The van der Waals surface area contributed by atoms with E-state index in [1.165, 1.54) is 38.8 Å². The van der Waals surface area contributed by atoms with Crippen molar-refractivity contribution >= 4 is 33.5 Å². The smallest absolute Gasteiger partial charge is 0.277 e. The summed E-state index contributed by atoms with van der Waals surface area (Å²) in [6.45, 7) is 8.75. The van der Waals surface area contributed by atoms with E-state index in [2.05, 4.69) is 23.8 Å². The van der Waals surface area contributed by atoms with Gasteiger partial charge in [0.15, 0.2) is 0 Å². The van der Waals surface area contributed by atoms with E-state index in [9.17, 15) is 4.79 Å². The fourth-order valence-corrected chi connectivity index (χ4v) is 3.82. The molecule has 0 spiro atoms. The molecule has 0 saturated carbocycles. The second kappa shape index (κ2) is 9.38. The summed E-state index contributed by atoms with van der Waals surface area (Å²) < 4.78 is 1.73. The van der Waals surface area contributed by atoms with Gasteiger partial charge in [-0.3, -0.25) is 9.36 Å². The highest BCUT2D eigenvalue weighted by Crippen LogP contribution is 2.24. The van der Waals surface area contributed by atoms with Crippen LogP contribution in [-0.2, 0) is 6.54 Å². The molecule has 3 rings (SSSR count). The van der Waals surface area contributed by atoms with Gasteiger partial charge >= 0.3 is 0 Å². The molecule has 27 heavy (non-hydrogen) atoms. The van der Waals surface area contributed by atoms with Crippen molar-refractivity contribution in [2.75, 3.05) is 19.6 Å². The van der Waals surface area contributed by atoms with Crippen molar-refractivity contribution in [2.24, 2.45) is 0 Å². The van der Waals surface area contributed by atoms with Gasteiger partial charge in [-0.15, -0.1) is 0 Å². The Labute approximate surface area is 165 Å². The maximum atomic E-state index is 12.9. The molecule has 146 valence electrons. The number of H-pyrrole nitrogens is 1. The average molecular weight is 390 g/mol. The van der Waals surface area contributed by atoms with Crippen molar-refractivity contribution in [3.8, 4) is 0 Å². The van der Waals surface area contributed by atoms with E-state index < -0.39 is 0 Å². The highest BCUT2D eigenvalue weighted by molar-refractivity contribution is 6.31. The van der Waals surface area contributed by atoms with Gasteiger partial charge in [-0.25, -0.2) is 4.98 Å². The number of fused-ring (bicyclic) bond motifs is 3. The van der Waals surface area contributed by atoms with Gasteiger partial charge in [0.1, 0.15) is 11.0 Å². The van der Waals surface area contributed by atoms with Crippen LogP contribution in [0.2, 0.25) is 5.02 Å². The van der Waals surface area contributed by atoms with Crippen LogP contribution in [0.5, 0.6) is 0 Å². The second-order valence-electron chi connectivity index (χ2n) is 7.34. The summed E-state index contributed by atoms with van der Waals surface area (Å²) in [7, 11) is 0. The molecule has 0 unspecified atom stereocenters. The molecular weight excluding hydrogens is 360 g/mol. The van der Waals surface area contributed by atoms with Gasteiger partial charge in [-0.1, -0.05) is 38.3 Å². The topological polar surface area (TPSA) is 55.1 Å². The number of hydrogen-bond acceptors (Lipinski definition) is 2. The van der Waals surface area contributed by atoms with E-state index in [1.807, 2.05) is 18.2 Å². The second-order valence-corrected chi connectivity index (χ2v) is 7.78. The van der Waals surface area contributed by atoms with Gasteiger partial charge in [0, 0.05) is 28.9 Å². The third kappa shape index (κ3) is 4.71. The lowest BCUT2D eigenvalue weighted by atomic mass is 10.2. The Hall–Kier alpha value is -1.85. The third-order valence-electron chi connectivity index (χ3n) is 5.23. The van der Waals surface area contributed by atoms with E-state index >= 15 is 0 Å². The largest absolute Gasteiger partial charge is 0.349 e. The Morgan fingerprint density at radius 3 is 2.52 bits per heavy atom. The SMILES string of the molecule is CCCC[NH+](CCCC)CCCn1cnc2c([nH]c3ccc(Cl)cc32)c1=O. The molecule has 0 aliphatic carbocycles. The number of halogens is 1. The zero-order chi connectivity index (χ0) is 19.2. The summed E-state index contributed by atoms with van der Waals surface area (Å²) in [6.07, 6.45) is 7.67. The monoisotopic (exact) mass is 389 g/mol. The van der Waals surface area contributed by atoms with Gasteiger partial charge in [0.2, 0.25) is 0 Å². The zero-order valence-electron chi connectivity index (χ0n) is 16.4. The minimum absolute atomic E-state index is 0.00371. The Kier molecular flexibility index (Phi) is 6.91. The Morgan fingerprint density at radius 1 is 1.11 bits per heavy atom. The fraction of sp³-hybridized carbons (Fsp3) is 0.524.